The number of methoxy groups -OCH3 is 1. The molecule has 0 atom stereocenters. The van der Waals surface area contributed by atoms with Crippen molar-refractivity contribution >= 4 is 38.9 Å². The van der Waals surface area contributed by atoms with Gasteiger partial charge in [-0.3, -0.25) is 9.59 Å². The van der Waals surface area contributed by atoms with E-state index in [0.717, 1.165) is 21.5 Å². The lowest BCUT2D eigenvalue weighted by molar-refractivity contribution is 0.102. The van der Waals surface area contributed by atoms with Gasteiger partial charge in [0, 0.05) is 30.7 Å². The minimum Gasteiger partial charge on any atom is -0.380 e. The molecule has 6 heteroatoms. The van der Waals surface area contributed by atoms with Crippen LogP contribution in [0.5, 0.6) is 0 Å². The molecule has 1 N–H and O–H groups in total. The number of carbonyl (C=O) groups excluding carboxylic acids is 2. The third-order valence-corrected chi connectivity index (χ3v) is 4.95. The molecule has 3 rings (SSSR count). The Morgan fingerprint density at radius 3 is 2.60 bits per heavy atom. The molecule has 0 saturated heterocycles. The largest absolute Gasteiger partial charge is 0.380 e. The molecule has 5 nitrogen and oxygen atoms in total. The number of aromatic nitrogens is 1. The Bertz CT molecular complexity index is 948. The van der Waals surface area contributed by atoms with Gasteiger partial charge in [-0.05, 0) is 30.7 Å². The number of aryl methyl sites for hydroxylation is 1. The van der Waals surface area contributed by atoms with Crippen molar-refractivity contribution in [3.05, 3.63) is 58.1 Å². The van der Waals surface area contributed by atoms with Crippen molar-refractivity contribution in [1.29, 1.82) is 0 Å². The molecule has 2 aromatic heterocycles. The number of fused-ring (bicyclic) bond motifs is 1. The maximum Gasteiger partial charge on any atom is 0.255 e. The van der Waals surface area contributed by atoms with Crippen LogP contribution in [-0.4, -0.2) is 23.8 Å². The van der Waals surface area contributed by atoms with E-state index in [1.54, 1.807) is 31.4 Å². The third-order valence-electron chi connectivity index (χ3n) is 3.77. The summed E-state index contributed by atoms with van der Waals surface area (Å²) in [6, 6.07) is 10.8. The van der Waals surface area contributed by atoms with Crippen LogP contribution in [0.4, 0.5) is 5.69 Å². The molecule has 1 aromatic carbocycles. The van der Waals surface area contributed by atoms with Crippen LogP contribution in [0.15, 0.2) is 36.4 Å². The summed E-state index contributed by atoms with van der Waals surface area (Å²) in [6.07, 6.45) is 0. The summed E-state index contributed by atoms with van der Waals surface area (Å²) < 4.78 is 5.28. The predicted octanol–water partition coefficient (Wildman–Crippen LogP) is 4.21. The fourth-order valence-corrected chi connectivity index (χ4v) is 3.84. The fraction of sp³-hybridized carbons (Fsp3) is 0.211. The molecule has 0 spiro atoms. The van der Waals surface area contributed by atoms with Crippen LogP contribution in [0.3, 0.4) is 0 Å². The van der Waals surface area contributed by atoms with Gasteiger partial charge in [0.15, 0.2) is 5.78 Å². The highest BCUT2D eigenvalue weighted by molar-refractivity contribution is 7.21. The molecule has 0 aliphatic heterocycles. The average molecular weight is 354 g/mol. The first-order valence-corrected chi connectivity index (χ1v) is 8.62. The molecule has 0 radical (unpaired) electrons. The van der Waals surface area contributed by atoms with E-state index < -0.39 is 0 Å². The average Bonchev–Trinajstić information content (AvgIpc) is 2.94. The van der Waals surface area contributed by atoms with E-state index in [1.807, 2.05) is 19.1 Å². The molecular formula is C19H18N2O3S. The van der Waals surface area contributed by atoms with Crippen LogP contribution >= 0.6 is 11.3 Å². The molecule has 25 heavy (non-hydrogen) atoms. The standard InChI is InChI=1S/C19H18N2O3S/c1-11-9-14(10-24-3)15-16(17(12(2)22)25-19(15)20-11)21-18(23)13-7-5-4-6-8-13/h4-9H,10H2,1-3H3,(H,21,23). The van der Waals surface area contributed by atoms with Crippen molar-refractivity contribution in [1.82, 2.24) is 4.98 Å². The van der Waals surface area contributed by atoms with Gasteiger partial charge < -0.3 is 10.1 Å². The number of ether oxygens (including phenoxy) is 1. The zero-order valence-electron chi connectivity index (χ0n) is 14.3. The lowest BCUT2D eigenvalue weighted by atomic mass is 10.1. The van der Waals surface area contributed by atoms with E-state index in [1.165, 1.54) is 18.3 Å². The second-order valence-corrected chi connectivity index (χ2v) is 6.72. The number of benzene rings is 1. The second-order valence-electron chi connectivity index (χ2n) is 5.72. The monoisotopic (exact) mass is 354 g/mol. The summed E-state index contributed by atoms with van der Waals surface area (Å²) in [5.74, 6) is -0.362. The number of amides is 1. The Morgan fingerprint density at radius 1 is 1.24 bits per heavy atom. The number of Topliss-reactive ketones (excluding diaryl/α,β-unsaturated/α-hetero) is 1. The SMILES string of the molecule is COCc1cc(C)nc2sc(C(C)=O)c(NC(=O)c3ccccc3)c12. The van der Waals surface area contributed by atoms with Gasteiger partial charge in [-0.1, -0.05) is 18.2 Å². The zero-order chi connectivity index (χ0) is 18.0. The van der Waals surface area contributed by atoms with Crippen molar-refractivity contribution in [3.63, 3.8) is 0 Å². The van der Waals surface area contributed by atoms with Gasteiger partial charge in [0.2, 0.25) is 0 Å². The van der Waals surface area contributed by atoms with Gasteiger partial charge in [-0.2, -0.15) is 0 Å². The highest BCUT2D eigenvalue weighted by Gasteiger charge is 2.22. The quantitative estimate of drug-likeness (QED) is 0.697. The van der Waals surface area contributed by atoms with Gasteiger partial charge in [-0.25, -0.2) is 4.98 Å². The van der Waals surface area contributed by atoms with E-state index in [0.29, 0.717) is 22.7 Å². The maximum absolute atomic E-state index is 12.6. The smallest absolute Gasteiger partial charge is 0.255 e. The lowest BCUT2D eigenvalue weighted by Gasteiger charge is -2.09. The second kappa shape index (κ2) is 7.13. The maximum atomic E-state index is 12.6. The van der Waals surface area contributed by atoms with E-state index in [4.69, 9.17) is 4.74 Å². The highest BCUT2D eigenvalue weighted by atomic mass is 32.1. The van der Waals surface area contributed by atoms with Crippen molar-refractivity contribution < 1.29 is 14.3 Å². The number of anilines is 1. The highest BCUT2D eigenvalue weighted by Crippen LogP contribution is 2.38. The van der Waals surface area contributed by atoms with Crippen LogP contribution in [0.2, 0.25) is 0 Å². The normalized spacial score (nSPS) is 10.8. The van der Waals surface area contributed by atoms with Gasteiger partial charge >= 0.3 is 0 Å². The Labute approximate surface area is 149 Å². The number of nitrogens with one attached hydrogen (secondary N) is 1. The van der Waals surface area contributed by atoms with Gasteiger partial charge in [-0.15, -0.1) is 11.3 Å². The molecule has 0 aliphatic carbocycles. The van der Waals surface area contributed by atoms with Gasteiger partial charge in [0.25, 0.3) is 5.91 Å². The van der Waals surface area contributed by atoms with Gasteiger partial charge in [0.05, 0.1) is 17.2 Å². The van der Waals surface area contributed by atoms with Crippen LogP contribution < -0.4 is 5.32 Å². The van der Waals surface area contributed by atoms with Crippen molar-refractivity contribution in [2.45, 2.75) is 20.5 Å². The number of rotatable bonds is 5. The minimum atomic E-state index is -0.258. The summed E-state index contributed by atoms with van der Waals surface area (Å²) in [7, 11) is 1.61. The van der Waals surface area contributed by atoms with Gasteiger partial charge in [0.1, 0.15) is 4.83 Å². The summed E-state index contributed by atoms with van der Waals surface area (Å²) in [4.78, 5) is 30.4. The third kappa shape index (κ3) is 3.45. The number of hydrogen-bond donors (Lipinski definition) is 1. The Morgan fingerprint density at radius 2 is 1.96 bits per heavy atom. The fourth-order valence-electron chi connectivity index (χ4n) is 2.72. The van der Waals surface area contributed by atoms with Crippen LogP contribution in [0, 0.1) is 6.92 Å². The molecule has 0 aliphatic rings. The molecule has 2 heterocycles. The summed E-state index contributed by atoms with van der Waals surface area (Å²) in [5.41, 5.74) is 2.79. The van der Waals surface area contributed by atoms with E-state index in [9.17, 15) is 9.59 Å². The van der Waals surface area contributed by atoms with Crippen LogP contribution in [-0.2, 0) is 11.3 Å². The molecule has 0 saturated carbocycles. The summed E-state index contributed by atoms with van der Waals surface area (Å²) in [5, 5.41) is 3.67. The first kappa shape index (κ1) is 17.3. The molecular weight excluding hydrogens is 336 g/mol. The molecule has 1 amide bonds. The van der Waals surface area contributed by atoms with Crippen LogP contribution in [0.1, 0.15) is 38.2 Å². The van der Waals surface area contributed by atoms with E-state index in [2.05, 4.69) is 10.3 Å². The Kier molecular flexibility index (Phi) is 4.92. The first-order valence-electron chi connectivity index (χ1n) is 7.80. The van der Waals surface area contributed by atoms with Crippen molar-refractivity contribution in [2.24, 2.45) is 0 Å². The first-order chi connectivity index (χ1) is 12.0. The van der Waals surface area contributed by atoms with E-state index in [-0.39, 0.29) is 11.7 Å². The minimum absolute atomic E-state index is 0.104. The number of pyridine rings is 1. The molecule has 0 unspecified atom stereocenters. The Balaban J connectivity index is 2.16. The topological polar surface area (TPSA) is 68.3 Å². The molecule has 128 valence electrons. The van der Waals surface area contributed by atoms with Crippen molar-refractivity contribution in [3.8, 4) is 0 Å². The summed E-state index contributed by atoms with van der Waals surface area (Å²) in [6.45, 7) is 3.77. The molecule has 0 fully saturated rings. The lowest BCUT2D eigenvalue weighted by Crippen LogP contribution is -2.13. The zero-order valence-corrected chi connectivity index (χ0v) is 15.1. The summed E-state index contributed by atoms with van der Waals surface area (Å²) >= 11 is 1.29. The number of nitrogens with zero attached hydrogens (tertiary/aromatic N) is 1. The number of carbonyl (C=O) groups is 2. The number of ketones is 1. The number of thiophene rings is 1. The van der Waals surface area contributed by atoms with Crippen LogP contribution in [0.25, 0.3) is 10.2 Å². The molecule has 3 aromatic rings. The molecule has 0 bridgehead atoms. The number of hydrogen-bond acceptors (Lipinski definition) is 5. The predicted molar refractivity (Wildman–Crippen MR) is 99.5 cm³/mol. The van der Waals surface area contributed by atoms with E-state index >= 15 is 0 Å². The van der Waals surface area contributed by atoms with Crippen molar-refractivity contribution in [2.75, 3.05) is 12.4 Å². The Hall–Kier alpha value is -2.57.